The summed E-state index contributed by atoms with van der Waals surface area (Å²) in [5.41, 5.74) is 4.05. The third-order valence-electron chi connectivity index (χ3n) is 3.02. The summed E-state index contributed by atoms with van der Waals surface area (Å²) in [6, 6.07) is 12.1. The van der Waals surface area contributed by atoms with Crippen LogP contribution in [0.1, 0.15) is 13.8 Å². The Labute approximate surface area is 107 Å². The van der Waals surface area contributed by atoms with Crippen LogP contribution < -0.4 is 5.32 Å². The van der Waals surface area contributed by atoms with Gasteiger partial charge >= 0.3 is 0 Å². The van der Waals surface area contributed by atoms with Crippen molar-refractivity contribution in [2.45, 2.75) is 13.8 Å². The van der Waals surface area contributed by atoms with E-state index in [1.807, 2.05) is 36.5 Å². The Morgan fingerprint density at radius 2 is 1.89 bits per heavy atom. The largest absolute Gasteiger partial charge is 0.342 e. The molecule has 0 bridgehead atoms. The first-order chi connectivity index (χ1) is 8.75. The van der Waals surface area contributed by atoms with Crippen molar-refractivity contribution in [1.82, 2.24) is 4.98 Å². The van der Waals surface area contributed by atoms with Gasteiger partial charge in [0.1, 0.15) is 5.84 Å². The lowest BCUT2D eigenvalue weighted by atomic mass is 10.1. The van der Waals surface area contributed by atoms with Gasteiger partial charge in [-0.15, -0.1) is 0 Å². The van der Waals surface area contributed by atoms with Crippen molar-refractivity contribution in [3.8, 4) is 11.3 Å². The van der Waals surface area contributed by atoms with Crippen molar-refractivity contribution in [3.05, 3.63) is 42.6 Å². The summed E-state index contributed by atoms with van der Waals surface area (Å²) in [7, 11) is 0. The van der Waals surface area contributed by atoms with Crippen molar-refractivity contribution in [2.75, 3.05) is 5.32 Å². The summed E-state index contributed by atoms with van der Waals surface area (Å²) >= 11 is 0. The predicted molar refractivity (Wildman–Crippen MR) is 75.2 cm³/mol. The van der Waals surface area contributed by atoms with E-state index in [4.69, 9.17) is 4.99 Å². The zero-order valence-corrected chi connectivity index (χ0v) is 10.5. The normalized spacial score (nSPS) is 13.2. The molecule has 0 amide bonds. The van der Waals surface area contributed by atoms with Crippen LogP contribution in [0.25, 0.3) is 11.3 Å². The number of fused-ring (bicyclic) bond motifs is 3. The van der Waals surface area contributed by atoms with Crippen molar-refractivity contribution in [3.63, 3.8) is 0 Å². The van der Waals surface area contributed by atoms with Gasteiger partial charge in [0, 0.05) is 17.7 Å². The van der Waals surface area contributed by atoms with Gasteiger partial charge in [0.2, 0.25) is 0 Å². The SMILES string of the molecule is CC(C)C1=Nc2ccccc2-c2ncccc2N1. The van der Waals surface area contributed by atoms with Crippen LogP contribution in [-0.4, -0.2) is 10.8 Å². The van der Waals surface area contributed by atoms with Crippen molar-refractivity contribution >= 4 is 17.2 Å². The first-order valence-corrected chi connectivity index (χ1v) is 6.16. The topological polar surface area (TPSA) is 37.3 Å². The number of aliphatic imine (C=N–C) groups is 1. The highest BCUT2D eigenvalue weighted by Gasteiger charge is 2.17. The third kappa shape index (κ3) is 1.78. The Bertz CT molecular complexity index is 615. The number of para-hydroxylation sites is 1. The molecule has 3 rings (SSSR count). The Morgan fingerprint density at radius 3 is 2.72 bits per heavy atom. The minimum atomic E-state index is 0.351. The molecule has 1 aromatic heterocycles. The molecule has 2 aromatic rings. The van der Waals surface area contributed by atoms with E-state index in [1.54, 1.807) is 0 Å². The van der Waals surface area contributed by atoms with Crippen LogP contribution in [0, 0.1) is 5.92 Å². The molecule has 1 N–H and O–H groups in total. The first-order valence-electron chi connectivity index (χ1n) is 6.16. The van der Waals surface area contributed by atoms with Crippen molar-refractivity contribution < 1.29 is 0 Å². The first kappa shape index (κ1) is 11.0. The average molecular weight is 237 g/mol. The summed E-state index contributed by atoms with van der Waals surface area (Å²) in [5.74, 6) is 1.33. The summed E-state index contributed by atoms with van der Waals surface area (Å²) in [6.07, 6.45) is 1.82. The number of aromatic nitrogens is 1. The second kappa shape index (κ2) is 4.26. The molecule has 2 heterocycles. The molecule has 3 nitrogen and oxygen atoms in total. The smallest absolute Gasteiger partial charge is 0.109 e. The molecule has 0 atom stereocenters. The van der Waals surface area contributed by atoms with E-state index in [-0.39, 0.29) is 0 Å². The maximum Gasteiger partial charge on any atom is 0.109 e. The van der Waals surface area contributed by atoms with E-state index >= 15 is 0 Å². The number of nitrogens with zero attached hydrogens (tertiary/aromatic N) is 2. The zero-order chi connectivity index (χ0) is 12.5. The molecule has 0 unspecified atom stereocenters. The zero-order valence-electron chi connectivity index (χ0n) is 10.5. The Balaban J connectivity index is 2.27. The van der Waals surface area contributed by atoms with Gasteiger partial charge in [-0.2, -0.15) is 0 Å². The van der Waals surface area contributed by atoms with E-state index < -0.39 is 0 Å². The van der Waals surface area contributed by atoms with Gasteiger partial charge in [-0.1, -0.05) is 32.0 Å². The maximum atomic E-state index is 4.72. The van der Waals surface area contributed by atoms with E-state index in [1.165, 1.54) is 0 Å². The van der Waals surface area contributed by atoms with Crippen LogP contribution in [0.3, 0.4) is 0 Å². The van der Waals surface area contributed by atoms with Gasteiger partial charge in [-0.25, -0.2) is 4.99 Å². The number of hydrogen-bond donors (Lipinski definition) is 1. The van der Waals surface area contributed by atoms with Crippen LogP contribution in [0.2, 0.25) is 0 Å². The highest BCUT2D eigenvalue weighted by molar-refractivity contribution is 6.04. The van der Waals surface area contributed by atoms with Gasteiger partial charge in [0.25, 0.3) is 0 Å². The number of rotatable bonds is 1. The third-order valence-corrected chi connectivity index (χ3v) is 3.02. The second-order valence-electron chi connectivity index (χ2n) is 4.69. The quantitative estimate of drug-likeness (QED) is 0.817. The molecule has 0 radical (unpaired) electrons. The summed E-state index contributed by atoms with van der Waals surface area (Å²) in [5, 5.41) is 3.39. The van der Waals surface area contributed by atoms with Crippen LogP contribution in [-0.2, 0) is 0 Å². The van der Waals surface area contributed by atoms with E-state index in [2.05, 4.69) is 30.2 Å². The van der Waals surface area contributed by atoms with E-state index in [0.717, 1.165) is 28.5 Å². The number of nitrogens with one attached hydrogen (secondary N) is 1. The minimum Gasteiger partial charge on any atom is -0.342 e. The molecule has 0 spiro atoms. The van der Waals surface area contributed by atoms with Gasteiger partial charge in [-0.05, 0) is 18.2 Å². The maximum absolute atomic E-state index is 4.72. The van der Waals surface area contributed by atoms with Gasteiger partial charge in [0.15, 0.2) is 0 Å². The molecule has 0 aliphatic carbocycles. The van der Waals surface area contributed by atoms with Gasteiger partial charge < -0.3 is 5.32 Å². The number of anilines is 1. The molecule has 0 saturated carbocycles. The molecular weight excluding hydrogens is 222 g/mol. The fourth-order valence-electron chi connectivity index (χ4n) is 2.06. The molecule has 1 aromatic carbocycles. The van der Waals surface area contributed by atoms with Gasteiger partial charge in [0.05, 0.1) is 17.1 Å². The van der Waals surface area contributed by atoms with Crippen molar-refractivity contribution in [1.29, 1.82) is 0 Å². The number of benzene rings is 1. The Morgan fingerprint density at radius 1 is 1.06 bits per heavy atom. The molecule has 1 aliphatic heterocycles. The Kier molecular flexibility index (Phi) is 2.59. The number of hydrogen-bond acceptors (Lipinski definition) is 3. The standard InChI is InChI=1S/C15H15N3/c1-10(2)15-17-12-7-4-3-6-11(12)14-13(18-15)8-5-9-16-14/h3-10H,1-2H3,(H,17,18). The summed E-state index contributed by atoms with van der Waals surface area (Å²) in [6.45, 7) is 4.27. The Hall–Kier alpha value is -2.16. The molecule has 0 saturated heterocycles. The van der Waals surface area contributed by atoms with Gasteiger partial charge in [-0.3, -0.25) is 4.98 Å². The highest BCUT2D eigenvalue weighted by atomic mass is 15.0. The molecular formula is C15H15N3. The molecule has 1 aliphatic rings. The lowest BCUT2D eigenvalue weighted by Gasteiger charge is -2.11. The van der Waals surface area contributed by atoms with Crippen LogP contribution in [0.15, 0.2) is 47.6 Å². The summed E-state index contributed by atoms with van der Waals surface area (Å²) < 4.78 is 0. The van der Waals surface area contributed by atoms with E-state index in [0.29, 0.717) is 5.92 Å². The summed E-state index contributed by atoms with van der Waals surface area (Å²) in [4.78, 5) is 9.20. The number of pyridine rings is 1. The highest BCUT2D eigenvalue weighted by Crippen LogP contribution is 2.36. The minimum absolute atomic E-state index is 0.351. The van der Waals surface area contributed by atoms with Crippen molar-refractivity contribution in [2.24, 2.45) is 10.9 Å². The lowest BCUT2D eigenvalue weighted by Crippen LogP contribution is -2.17. The fraction of sp³-hybridized carbons (Fsp3) is 0.200. The van der Waals surface area contributed by atoms with Crippen LogP contribution in [0.5, 0.6) is 0 Å². The van der Waals surface area contributed by atoms with E-state index in [9.17, 15) is 0 Å². The second-order valence-corrected chi connectivity index (χ2v) is 4.69. The monoisotopic (exact) mass is 237 g/mol. The molecule has 90 valence electrons. The lowest BCUT2D eigenvalue weighted by molar-refractivity contribution is 0.881. The molecule has 18 heavy (non-hydrogen) atoms. The van der Waals surface area contributed by atoms with Crippen LogP contribution in [0.4, 0.5) is 11.4 Å². The predicted octanol–water partition coefficient (Wildman–Crippen LogP) is 3.86. The average Bonchev–Trinajstić information content (AvgIpc) is 2.55. The van der Waals surface area contributed by atoms with Crippen LogP contribution >= 0.6 is 0 Å². The molecule has 0 fully saturated rings. The molecule has 3 heteroatoms. The fourth-order valence-corrected chi connectivity index (χ4v) is 2.06. The number of amidine groups is 1.